The zero-order valence-electron chi connectivity index (χ0n) is 18.2. The smallest absolute Gasteiger partial charge is 0.209 e. The molecule has 4 rings (SSSR count). The number of ether oxygens (including phenoxy) is 2. The highest BCUT2D eigenvalue weighted by Crippen LogP contribution is 2.35. The SMILES string of the molecule is CCCc1cc2c(Oc3ccc(N)c(F)c3)ccnc2cc1OCC1CCN(C=O)CC1. The van der Waals surface area contributed by atoms with Crippen molar-refractivity contribution in [1.29, 1.82) is 0 Å². The van der Waals surface area contributed by atoms with E-state index in [1.165, 1.54) is 12.1 Å². The molecule has 2 aromatic carbocycles. The summed E-state index contributed by atoms with van der Waals surface area (Å²) in [5, 5.41) is 0.847. The molecular formula is C25H28FN3O3. The second-order valence-electron chi connectivity index (χ2n) is 8.22. The van der Waals surface area contributed by atoms with E-state index in [0.717, 1.165) is 67.4 Å². The quantitative estimate of drug-likeness (QED) is 0.399. The van der Waals surface area contributed by atoms with Gasteiger partial charge in [0.2, 0.25) is 6.41 Å². The third-order valence-corrected chi connectivity index (χ3v) is 5.88. The zero-order chi connectivity index (χ0) is 22.5. The average molecular weight is 438 g/mol. The first-order valence-corrected chi connectivity index (χ1v) is 11.0. The normalized spacial score (nSPS) is 14.5. The summed E-state index contributed by atoms with van der Waals surface area (Å²) in [6, 6.07) is 10.2. The van der Waals surface area contributed by atoms with Crippen molar-refractivity contribution in [1.82, 2.24) is 9.88 Å². The molecule has 1 saturated heterocycles. The Morgan fingerprint density at radius 1 is 1.19 bits per heavy atom. The van der Waals surface area contributed by atoms with E-state index in [2.05, 4.69) is 18.0 Å². The van der Waals surface area contributed by atoms with E-state index in [1.807, 2.05) is 11.0 Å². The van der Waals surface area contributed by atoms with Gasteiger partial charge in [-0.05, 0) is 55.0 Å². The lowest BCUT2D eigenvalue weighted by molar-refractivity contribution is -0.119. The molecule has 0 bridgehead atoms. The summed E-state index contributed by atoms with van der Waals surface area (Å²) in [7, 11) is 0. The standard InChI is InChI=1S/C25H28FN3O3/c1-2-3-18-12-20-23(14-25(18)31-15-17-7-10-29(16-30)11-8-17)28-9-6-24(20)32-19-4-5-22(27)21(26)13-19/h4-6,9,12-14,16-17H,2-3,7-8,10-11,15,27H2,1H3. The predicted molar refractivity (Wildman–Crippen MR) is 122 cm³/mol. The van der Waals surface area contributed by atoms with Gasteiger partial charge in [-0.3, -0.25) is 9.78 Å². The van der Waals surface area contributed by atoms with Crippen LogP contribution >= 0.6 is 0 Å². The number of aryl methyl sites for hydroxylation is 1. The molecule has 2 heterocycles. The highest BCUT2D eigenvalue weighted by atomic mass is 19.1. The summed E-state index contributed by atoms with van der Waals surface area (Å²) >= 11 is 0. The number of amides is 1. The summed E-state index contributed by atoms with van der Waals surface area (Å²) in [6.45, 7) is 4.31. The van der Waals surface area contributed by atoms with E-state index in [9.17, 15) is 9.18 Å². The molecule has 1 aliphatic heterocycles. The van der Waals surface area contributed by atoms with Crippen LogP contribution in [0.25, 0.3) is 10.9 Å². The number of pyridine rings is 1. The Morgan fingerprint density at radius 3 is 2.72 bits per heavy atom. The number of nitrogen functional groups attached to an aromatic ring is 1. The molecule has 3 aromatic rings. The van der Waals surface area contributed by atoms with Crippen molar-refractivity contribution < 1.29 is 18.7 Å². The first-order valence-electron chi connectivity index (χ1n) is 11.0. The van der Waals surface area contributed by atoms with Gasteiger partial charge in [0.05, 0.1) is 17.8 Å². The number of hydrogen-bond acceptors (Lipinski definition) is 5. The van der Waals surface area contributed by atoms with Gasteiger partial charge in [0.25, 0.3) is 0 Å². The van der Waals surface area contributed by atoms with Crippen molar-refractivity contribution in [3.63, 3.8) is 0 Å². The van der Waals surface area contributed by atoms with Crippen molar-refractivity contribution >= 4 is 23.0 Å². The second-order valence-corrected chi connectivity index (χ2v) is 8.22. The fourth-order valence-electron chi connectivity index (χ4n) is 4.01. The van der Waals surface area contributed by atoms with Crippen LogP contribution in [-0.2, 0) is 11.2 Å². The Morgan fingerprint density at radius 2 is 2.00 bits per heavy atom. The molecule has 0 spiro atoms. The maximum atomic E-state index is 13.8. The Hall–Kier alpha value is -3.35. The number of carbonyl (C=O) groups excluding carboxylic acids is 1. The average Bonchev–Trinajstić information content (AvgIpc) is 2.81. The number of rotatable bonds is 8. The number of nitrogens with zero attached hydrogens (tertiary/aromatic N) is 2. The molecule has 1 aromatic heterocycles. The molecule has 0 unspecified atom stereocenters. The fourth-order valence-corrected chi connectivity index (χ4v) is 4.01. The van der Waals surface area contributed by atoms with Crippen LogP contribution in [0.5, 0.6) is 17.2 Å². The van der Waals surface area contributed by atoms with E-state index in [0.29, 0.717) is 24.0 Å². The van der Waals surface area contributed by atoms with Gasteiger partial charge in [-0.1, -0.05) is 13.3 Å². The minimum Gasteiger partial charge on any atom is -0.493 e. The van der Waals surface area contributed by atoms with Gasteiger partial charge in [-0.2, -0.15) is 0 Å². The molecule has 0 atom stereocenters. The minimum absolute atomic E-state index is 0.0841. The van der Waals surface area contributed by atoms with E-state index in [4.69, 9.17) is 15.2 Å². The van der Waals surface area contributed by atoms with Crippen LogP contribution in [-0.4, -0.2) is 36.0 Å². The maximum Gasteiger partial charge on any atom is 0.209 e. The van der Waals surface area contributed by atoms with Gasteiger partial charge in [-0.25, -0.2) is 4.39 Å². The van der Waals surface area contributed by atoms with E-state index in [1.54, 1.807) is 18.3 Å². The van der Waals surface area contributed by atoms with Crippen LogP contribution in [0.2, 0.25) is 0 Å². The molecule has 1 fully saturated rings. The summed E-state index contributed by atoms with van der Waals surface area (Å²) in [4.78, 5) is 17.2. The van der Waals surface area contributed by atoms with Gasteiger partial charge in [0, 0.05) is 36.8 Å². The number of halogens is 1. The Labute approximate surface area is 187 Å². The van der Waals surface area contributed by atoms with Gasteiger partial charge in [0.1, 0.15) is 23.1 Å². The highest BCUT2D eigenvalue weighted by Gasteiger charge is 2.19. The Balaban J connectivity index is 1.57. The number of likely N-dealkylation sites (tertiary alicyclic amines) is 1. The molecule has 1 aliphatic rings. The molecule has 0 saturated carbocycles. The molecule has 1 amide bonds. The number of fused-ring (bicyclic) bond motifs is 1. The lowest BCUT2D eigenvalue weighted by atomic mass is 9.98. The minimum atomic E-state index is -0.512. The van der Waals surface area contributed by atoms with E-state index >= 15 is 0 Å². The fraction of sp³-hybridized carbons (Fsp3) is 0.360. The van der Waals surface area contributed by atoms with Crippen LogP contribution in [0.1, 0.15) is 31.7 Å². The topological polar surface area (TPSA) is 77.7 Å². The highest BCUT2D eigenvalue weighted by molar-refractivity contribution is 5.87. The lowest BCUT2D eigenvalue weighted by Crippen LogP contribution is -2.34. The molecule has 32 heavy (non-hydrogen) atoms. The Bertz CT molecular complexity index is 1100. The van der Waals surface area contributed by atoms with E-state index in [-0.39, 0.29) is 5.69 Å². The first kappa shape index (κ1) is 21.9. The summed E-state index contributed by atoms with van der Waals surface area (Å²) in [5.74, 6) is 1.73. The van der Waals surface area contributed by atoms with Crippen molar-refractivity contribution in [2.24, 2.45) is 5.92 Å². The molecule has 6 nitrogen and oxygen atoms in total. The summed E-state index contributed by atoms with van der Waals surface area (Å²) in [5.41, 5.74) is 7.49. The van der Waals surface area contributed by atoms with Crippen LogP contribution in [0, 0.1) is 11.7 Å². The first-order chi connectivity index (χ1) is 15.6. The number of hydrogen-bond donors (Lipinski definition) is 1. The monoisotopic (exact) mass is 437 g/mol. The third kappa shape index (κ3) is 4.93. The lowest BCUT2D eigenvalue weighted by Gasteiger charge is -2.29. The van der Waals surface area contributed by atoms with Crippen molar-refractivity contribution in [3.05, 3.63) is 54.0 Å². The largest absolute Gasteiger partial charge is 0.493 e. The van der Waals surface area contributed by atoms with Crippen LogP contribution < -0.4 is 15.2 Å². The number of benzene rings is 2. The van der Waals surface area contributed by atoms with Crippen molar-refractivity contribution in [2.45, 2.75) is 32.6 Å². The zero-order valence-corrected chi connectivity index (χ0v) is 18.2. The van der Waals surface area contributed by atoms with Crippen molar-refractivity contribution in [3.8, 4) is 17.2 Å². The van der Waals surface area contributed by atoms with Gasteiger partial charge in [-0.15, -0.1) is 0 Å². The number of carbonyl (C=O) groups is 1. The third-order valence-electron chi connectivity index (χ3n) is 5.88. The van der Waals surface area contributed by atoms with Crippen LogP contribution in [0.3, 0.4) is 0 Å². The number of anilines is 1. The molecule has 2 N–H and O–H groups in total. The summed E-state index contributed by atoms with van der Waals surface area (Å²) < 4.78 is 26.0. The van der Waals surface area contributed by atoms with Gasteiger partial charge < -0.3 is 20.1 Å². The molecule has 7 heteroatoms. The predicted octanol–water partition coefficient (Wildman–Crippen LogP) is 4.95. The molecular weight excluding hydrogens is 409 g/mol. The molecule has 0 aliphatic carbocycles. The second kappa shape index (κ2) is 9.85. The van der Waals surface area contributed by atoms with Gasteiger partial charge in [0.15, 0.2) is 0 Å². The van der Waals surface area contributed by atoms with Gasteiger partial charge >= 0.3 is 0 Å². The summed E-state index contributed by atoms with van der Waals surface area (Å²) in [6.07, 6.45) is 6.32. The number of nitrogens with two attached hydrogens (primary N) is 1. The van der Waals surface area contributed by atoms with Crippen LogP contribution in [0.15, 0.2) is 42.6 Å². The number of aromatic nitrogens is 1. The van der Waals surface area contributed by atoms with E-state index < -0.39 is 5.82 Å². The Kier molecular flexibility index (Phi) is 6.73. The molecule has 0 radical (unpaired) electrons. The van der Waals surface area contributed by atoms with Crippen molar-refractivity contribution in [2.75, 3.05) is 25.4 Å². The maximum absolute atomic E-state index is 13.8. The number of piperidine rings is 1. The van der Waals surface area contributed by atoms with Crippen LogP contribution in [0.4, 0.5) is 10.1 Å². The molecule has 168 valence electrons.